The third-order valence-electron chi connectivity index (χ3n) is 2.75. The second-order valence-electron chi connectivity index (χ2n) is 4.12. The van der Waals surface area contributed by atoms with Crippen LogP contribution in [0.5, 0.6) is 5.75 Å². The molecule has 6 heteroatoms. The number of nitro benzene ring substituents is 1. The van der Waals surface area contributed by atoms with Crippen LogP contribution in [-0.4, -0.2) is 10.0 Å². The van der Waals surface area contributed by atoms with E-state index in [-0.39, 0.29) is 18.0 Å². The third kappa shape index (κ3) is 3.03. The Balaban J connectivity index is 2.16. The van der Waals surface area contributed by atoms with Gasteiger partial charge in [-0.1, -0.05) is 6.07 Å². The lowest BCUT2D eigenvalue weighted by Gasteiger charge is -2.08. The molecule has 0 heterocycles. The first-order chi connectivity index (χ1) is 9.60. The molecule has 20 heavy (non-hydrogen) atoms. The number of nitro groups is 1. The topological polar surface area (TPSA) is 99.2 Å². The number of non-ortho nitro benzene ring substituents is 1. The summed E-state index contributed by atoms with van der Waals surface area (Å²) in [5.41, 5.74) is 1.56. The van der Waals surface area contributed by atoms with Crippen LogP contribution in [0, 0.1) is 21.4 Å². The summed E-state index contributed by atoms with van der Waals surface area (Å²) in [7, 11) is 0. The van der Waals surface area contributed by atoms with Gasteiger partial charge in [0, 0.05) is 29.9 Å². The van der Waals surface area contributed by atoms with Crippen LogP contribution in [0.3, 0.4) is 0 Å². The molecule has 0 radical (unpaired) electrons. The normalized spacial score (nSPS) is 9.75. The Morgan fingerprint density at radius 3 is 2.80 bits per heavy atom. The number of hydrogen-bond acceptors (Lipinski definition) is 5. The standard InChI is InChI=1S/C14H11N3O3/c15-8-10-2-1-3-12(6-10)16-9-11-7-13(17(19)20)4-5-14(11)18/h1-7,16,18H,9H2. The molecular formula is C14H11N3O3. The summed E-state index contributed by atoms with van der Waals surface area (Å²) in [6, 6.07) is 12.7. The van der Waals surface area contributed by atoms with Crippen molar-refractivity contribution in [2.75, 3.05) is 5.32 Å². The van der Waals surface area contributed by atoms with Crippen molar-refractivity contribution in [2.24, 2.45) is 0 Å². The van der Waals surface area contributed by atoms with Gasteiger partial charge in [0.25, 0.3) is 5.69 Å². The van der Waals surface area contributed by atoms with Crippen molar-refractivity contribution < 1.29 is 10.0 Å². The quantitative estimate of drug-likeness (QED) is 0.656. The van der Waals surface area contributed by atoms with Crippen LogP contribution in [0.4, 0.5) is 11.4 Å². The predicted octanol–water partition coefficient (Wildman–Crippen LogP) is 2.78. The van der Waals surface area contributed by atoms with E-state index >= 15 is 0 Å². The number of nitrogens with zero attached hydrogens (tertiary/aromatic N) is 2. The van der Waals surface area contributed by atoms with E-state index in [1.165, 1.54) is 18.2 Å². The van der Waals surface area contributed by atoms with Gasteiger partial charge in [-0.2, -0.15) is 5.26 Å². The SMILES string of the molecule is N#Cc1cccc(NCc2cc([N+](=O)[O-])ccc2O)c1. The van der Waals surface area contributed by atoms with Crippen molar-refractivity contribution in [3.05, 3.63) is 63.7 Å². The number of rotatable bonds is 4. The molecule has 2 aromatic rings. The van der Waals surface area contributed by atoms with Crippen LogP contribution in [-0.2, 0) is 6.54 Å². The van der Waals surface area contributed by atoms with Crippen molar-refractivity contribution in [3.63, 3.8) is 0 Å². The molecule has 0 bridgehead atoms. The average Bonchev–Trinajstić information content (AvgIpc) is 2.46. The Labute approximate surface area is 115 Å². The van der Waals surface area contributed by atoms with Crippen molar-refractivity contribution in [3.8, 4) is 11.8 Å². The first-order valence-electron chi connectivity index (χ1n) is 5.80. The van der Waals surface area contributed by atoms with Crippen LogP contribution in [0.15, 0.2) is 42.5 Å². The molecule has 0 atom stereocenters. The molecule has 0 unspecified atom stereocenters. The summed E-state index contributed by atoms with van der Waals surface area (Å²) in [4.78, 5) is 10.2. The van der Waals surface area contributed by atoms with Gasteiger partial charge < -0.3 is 10.4 Å². The molecule has 0 aliphatic carbocycles. The second-order valence-corrected chi connectivity index (χ2v) is 4.12. The van der Waals surface area contributed by atoms with Gasteiger partial charge in [-0.3, -0.25) is 10.1 Å². The maximum Gasteiger partial charge on any atom is 0.270 e. The maximum absolute atomic E-state index is 10.7. The number of aromatic hydroxyl groups is 1. The van der Waals surface area contributed by atoms with Gasteiger partial charge in [-0.05, 0) is 24.3 Å². The summed E-state index contributed by atoms with van der Waals surface area (Å²) in [6.07, 6.45) is 0. The van der Waals surface area contributed by atoms with Crippen LogP contribution >= 0.6 is 0 Å². The zero-order valence-electron chi connectivity index (χ0n) is 10.4. The molecular weight excluding hydrogens is 258 g/mol. The van der Waals surface area contributed by atoms with Gasteiger partial charge in [0.1, 0.15) is 5.75 Å². The lowest BCUT2D eigenvalue weighted by molar-refractivity contribution is -0.384. The molecule has 2 aromatic carbocycles. The molecule has 0 spiro atoms. The fourth-order valence-corrected chi connectivity index (χ4v) is 1.72. The first kappa shape index (κ1) is 13.4. The first-order valence-corrected chi connectivity index (χ1v) is 5.80. The van der Waals surface area contributed by atoms with E-state index in [9.17, 15) is 15.2 Å². The Morgan fingerprint density at radius 2 is 2.10 bits per heavy atom. The Morgan fingerprint density at radius 1 is 1.30 bits per heavy atom. The maximum atomic E-state index is 10.7. The molecule has 0 fully saturated rings. The smallest absolute Gasteiger partial charge is 0.270 e. The van der Waals surface area contributed by atoms with Crippen molar-refractivity contribution in [2.45, 2.75) is 6.54 Å². The summed E-state index contributed by atoms with van der Waals surface area (Å²) in [5.74, 6) is -0.0143. The average molecular weight is 269 g/mol. The third-order valence-corrected chi connectivity index (χ3v) is 2.75. The number of hydrogen-bond donors (Lipinski definition) is 2. The van der Waals surface area contributed by atoms with Gasteiger partial charge in [0.2, 0.25) is 0 Å². The van der Waals surface area contributed by atoms with Gasteiger partial charge >= 0.3 is 0 Å². The highest BCUT2D eigenvalue weighted by Gasteiger charge is 2.10. The van der Waals surface area contributed by atoms with E-state index in [1.807, 2.05) is 6.07 Å². The highest BCUT2D eigenvalue weighted by molar-refractivity contribution is 5.51. The minimum absolute atomic E-state index is 0.0143. The molecule has 0 aliphatic rings. The minimum atomic E-state index is -0.515. The number of anilines is 1. The lowest BCUT2D eigenvalue weighted by atomic mass is 10.1. The van der Waals surface area contributed by atoms with E-state index in [2.05, 4.69) is 5.32 Å². The fraction of sp³-hybridized carbons (Fsp3) is 0.0714. The van der Waals surface area contributed by atoms with Gasteiger partial charge in [0.15, 0.2) is 0 Å². The Hall–Kier alpha value is -3.07. The molecule has 6 nitrogen and oxygen atoms in total. The molecule has 0 saturated carbocycles. The number of nitriles is 1. The van der Waals surface area contributed by atoms with Crippen LogP contribution in [0.25, 0.3) is 0 Å². The van der Waals surface area contributed by atoms with Gasteiger partial charge in [-0.15, -0.1) is 0 Å². The zero-order chi connectivity index (χ0) is 14.5. The van der Waals surface area contributed by atoms with Gasteiger partial charge in [0.05, 0.1) is 16.6 Å². The number of phenolic OH excluding ortho intramolecular Hbond substituents is 1. The molecule has 100 valence electrons. The van der Waals surface area contributed by atoms with Crippen molar-refractivity contribution in [1.29, 1.82) is 5.26 Å². The highest BCUT2D eigenvalue weighted by Crippen LogP contribution is 2.24. The van der Waals surface area contributed by atoms with E-state index in [4.69, 9.17) is 5.26 Å². The fourth-order valence-electron chi connectivity index (χ4n) is 1.72. The lowest BCUT2D eigenvalue weighted by Crippen LogP contribution is -2.01. The largest absolute Gasteiger partial charge is 0.508 e. The molecule has 0 aromatic heterocycles. The van der Waals surface area contributed by atoms with Crippen molar-refractivity contribution in [1.82, 2.24) is 0 Å². The van der Waals surface area contributed by atoms with Gasteiger partial charge in [-0.25, -0.2) is 0 Å². The highest BCUT2D eigenvalue weighted by atomic mass is 16.6. The summed E-state index contributed by atoms with van der Waals surface area (Å²) < 4.78 is 0. The van der Waals surface area contributed by atoms with Crippen LogP contribution in [0.2, 0.25) is 0 Å². The monoisotopic (exact) mass is 269 g/mol. The Bertz CT molecular complexity index is 692. The van der Waals surface area contributed by atoms with Crippen LogP contribution in [0.1, 0.15) is 11.1 Å². The van der Waals surface area contributed by atoms with E-state index in [0.29, 0.717) is 16.8 Å². The summed E-state index contributed by atoms with van der Waals surface area (Å²) in [5, 5.41) is 32.2. The predicted molar refractivity (Wildman–Crippen MR) is 73.2 cm³/mol. The molecule has 2 rings (SSSR count). The number of nitrogens with one attached hydrogen (secondary N) is 1. The number of benzene rings is 2. The summed E-state index contributed by atoms with van der Waals surface area (Å²) >= 11 is 0. The molecule has 0 aliphatic heterocycles. The minimum Gasteiger partial charge on any atom is -0.508 e. The zero-order valence-corrected chi connectivity index (χ0v) is 10.4. The van der Waals surface area contributed by atoms with E-state index in [1.54, 1.807) is 24.3 Å². The van der Waals surface area contributed by atoms with Crippen LogP contribution < -0.4 is 5.32 Å². The van der Waals surface area contributed by atoms with E-state index < -0.39 is 4.92 Å². The summed E-state index contributed by atoms with van der Waals surface area (Å²) in [6.45, 7) is 0.225. The molecule has 0 saturated heterocycles. The molecule has 2 N–H and O–H groups in total. The Kier molecular flexibility index (Phi) is 3.82. The number of phenols is 1. The van der Waals surface area contributed by atoms with E-state index in [0.717, 1.165) is 0 Å². The molecule has 0 amide bonds. The van der Waals surface area contributed by atoms with Crippen molar-refractivity contribution >= 4 is 11.4 Å². The second kappa shape index (κ2) is 5.71.